The highest BCUT2D eigenvalue weighted by Gasteiger charge is 1.95. The van der Waals surface area contributed by atoms with Crippen molar-refractivity contribution in [3.05, 3.63) is 0 Å². The van der Waals surface area contributed by atoms with Crippen molar-refractivity contribution in [2.24, 2.45) is 0 Å². The second kappa shape index (κ2) is 19.1. The van der Waals surface area contributed by atoms with E-state index in [2.05, 4.69) is 16.0 Å². The maximum atomic E-state index is 5.31. The number of hydrogen-bond acceptors (Lipinski definition) is 6. The van der Waals surface area contributed by atoms with Crippen LogP contribution in [0.3, 0.4) is 0 Å². The average molecular weight is 346 g/mol. The van der Waals surface area contributed by atoms with E-state index in [1.54, 1.807) is 0 Å². The van der Waals surface area contributed by atoms with Crippen molar-refractivity contribution >= 4 is 0 Å². The molecule has 0 amide bonds. The molecule has 0 radical (unpaired) electrons. The Bertz CT molecular complexity index is 173. The summed E-state index contributed by atoms with van der Waals surface area (Å²) in [7, 11) is 0. The second-order valence-corrected chi connectivity index (χ2v) is 6.21. The molecule has 3 aliphatic heterocycles. The smallest absolute Gasteiger partial charge is 0.0590 e. The molecule has 6 nitrogen and oxygen atoms in total. The minimum absolute atomic E-state index is 0.889. The van der Waals surface area contributed by atoms with E-state index in [1.165, 1.54) is 45.1 Å². The van der Waals surface area contributed by atoms with Gasteiger partial charge in [-0.05, 0) is 71.2 Å². The van der Waals surface area contributed by atoms with Crippen molar-refractivity contribution in [2.45, 2.75) is 38.5 Å². The zero-order valence-electron chi connectivity index (χ0n) is 15.5. The van der Waals surface area contributed by atoms with Gasteiger partial charge in [-0.2, -0.15) is 0 Å². The molecule has 3 N–H and O–H groups in total. The molecule has 0 atom stereocenters. The first-order valence-corrected chi connectivity index (χ1v) is 9.85. The SMILES string of the molecule is C1CCOCCCNC1.C1CNCCCOC1.C1CNCCOC1. The Morgan fingerprint density at radius 1 is 0.333 bits per heavy atom. The Labute approximate surface area is 148 Å². The molecule has 0 saturated carbocycles. The molecule has 6 heteroatoms. The lowest BCUT2D eigenvalue weighted by atomic mass is 10.3. The zero-order valence-corrected chi connectivity index (χ0v) is 15.5. The second-order valence-electron chi connectivity index (χ2n) is 6.21. The van der Waals surface area contributed by atoms with E-state index in [1.807, 2.05) is 0 Å². The lowest BCUT2D eigenvalue weighted by molar-refractivity contribution is 0.120. The van der Waals surface area contributed by atoms with Crippen molar-refractivity contribution < 1.29 is 14.2 Å². The molecule has 24 heavy (non-hydrogen) atoms. The van der Waals surface area contributed by atoms with Crippen LogP contribution in [-0.4, -0.2) is 78.9 Å². The van der Waals surface area contributed by atoms with E-state index in [0.29, 0.717) is 0 Å². The van der Waals surface area contributed by atoms with Crippen LogP contribution in [0.2, 0.25) is 0 Å². The highest BCUT2D eigenvalue weighted by Crippen LogP contribution is 1.92. The lowest BCUT2D eigenvalue weighted by Gasteiger charge is -2.09. The van der Waals surface area contributed by atoms with Gasteiger partial charge in [0.15, 0.2) is 0 Å². The zero-order chi connectivity index (χ0) is 17.0. The van der Waals surface area contributed by atoms with E-state index in [9.17, 15) is 0 Å². The first-order valence-electron chi connectivity index (χ1n) is 9.85. The van der Waals surface area contributed by atoms with Gasteiger partial charge in [-0.25, -0.2) is 0 Å². The summed E-state index contributed by atoms with van der Waals surface area (Å²) >= 11 is 0. The summed E-state index contributed by atoms with van der Waals surface area (Å²) in [6.07, 6.45) is 7.15. The molecular weight excluding hydrogens is 306 g/mol. The molecule has 144 valence electrons. The Balaban J connectivity index is 0.000000181. The third kappa shape index (κ3) is 16.6. The number of nitrogens with one attached hydrogen (secondary N) is 3. The monoisotopic (exact) mass is 345 g/mol. The van der Waals surface area contributed by atoms with Crippen LogP contribution in [0.15, 0.2) is 0 Å². The maximum Gasteiger partial charge on any atom is 0.0590 e. The van der Waals surface area contributed by atoms with E-state index in [0.717, 1.165) is 72.4 Å². The molecule has 0 unspecified atom stereocenters. The fourth-order valence-electron chi connectivity index (χ4n) is 2.48. The van der Waals surface area contributed by atoms with Gasteiger partial charge in [0.25, 0.3) is 0 Å². The van der Waals surface area contributed by atoms with Crippen molar-refractivity contribution in [3.63, 3.8) is 0 Å². The fourth-order valence-corrected chi connectivity index (χ4v) is 2.48. The van der Waals surface area contributed by atoms with Crippen LogP contribution in [-0.2, 0) is 14.2 Å². The molecule has 3 rings (SSSR count). The number of hydrogen-bond donors (Lipinski definition) is 3. The summed E-state index contributed by atoms with van der Waals surface area (Å²) in [5.74, 6) is 0. The Morgan fingerprint density at radius 3 is 1.25 bits per heavy atom. The normalized spacial score (nSPS) is 24.0. The van der Waals surface area contributed by atoms with Gasteiger partial charge in [0.2, 0.25) is 0 Å². The highest BCUT2D eigenvalue weighted by atomic mass is 16.5. The first-order chi connectivity index (χ1) is 12.0. The number of rotatable bonds is 0. The van der Waals surface area contributed by atoms with Crippen molar-refractivity contribution in [1.29, 1.82) is 0 Å². The van der Waals surface area contributed by atoms with Crippen LogP contribution in [0.5, 0.6) is 0 Å². The molecule has 0 spiro atoms. The van der Waals surface area contributed by atoms with Gasteiger partial charge in [0.1, 0.15) is 0 Å². The van der Waals surface area contributed by atoms with Crippen molar-refractivity contribution in [2.75, 3.05) is 78.9 Å². The van der Waals surface area contributed by atoms with Crippen LogP contribution >= 0.6 is 0 Å². The molecular formula is C18H39N3O3. The van der Waals surface area contributed by atoms with Crippen molar-refractivity contribution in [1.82, 2.24) is 16.0 Å². The third-order valence-corrected chi connectivity index (χ3v) is 3.88. The highest BCUT2D eigenvalue weighted by molar-refractivity contribution is 4.52. The Hall–Kier alpha value is -0.240. The number of ether oxygens (including phenoxy) is 3. The summed E-state index contributed by atoms with van der Waals surface area (Å²) in [6.45, 7) is 12.3. The van der Waals surface area contributed by atoms with E-state index in [-0.39, 0.29) is 0 Å². The Kier molecular flexibility index (Phi) is 17.3. The van der Waals surface area contributed by atoms with E-state index < -0.39 is 0 Å². The van der Waals surface area contributed by atoms with Crippen LogP contribution < -0.4 is 16.0 Å². The predicted octanol–water partition coefficient (Wildman–Crippen LogP) is 1.16. The van der Waals surface area contributed by atoms with Gasteiger partial charge >= 0.3 is 0 Å². The molecule has 3 saturated heterocycles. The summed E-state index contributed by atoms with van der Waals surface area (Å²) in [5.41, 5.74) is 0. The fraction of sp³-hybridized carbons (Fsp3) is 1.00. The Morgan fingerprint density at radius 2 is 0.708 bits per heavy atom. The molecule has 0 aromatic carbocycles. The van der Waals surface area contributed by atoms with Gasteiger partial charge in [0.05, 0.1) is 6.61 Å². The predicted molar refractivity (Wildman–Crippen MR) is 98.8 cm³/mol. The van der Waals surface area contributed by atoms with E-state index >= 15 is 0 Å². The van der Waals surface area contributed by atoms with Gasteiger partial charge in [-0.3, -0.25) is 0 Å². The third-order valence-electron chi connectivity index (χ3n) is 3.88. The lowest BCUT2D eigenvalue weighted by Crippen LogP contribution is -2.22. The minimum atomic E-state index is 0.889. The first kappa shape index (κ1) is 21.8. The summed E-state index contributed by atoms with van der Waals surface area (Å²) < 4.78 is 15.7. The summed E-state index contributed by atoms with van der Waals surface area (Å²) in [4.78, 5) is 0. The molecule has 0 aromatic heterocycles. The molecule has 3 heterocycles. The van der Waals surface area contributed by atoms with Gasteiger partial charge in [-0.15, -0.1) is 0 Å². The molecule has 0 bridgehead atoms. The van der Waals surface area contributed by atoms with Crippen LogP contribution in [0.1, 0.15) is 38.5 Å². The molecule has 0 aromatic rings. The molecule has 3 fully saturated rings. The minimum Gasteiger partial charge on any atom is -0.381 e. The quantitative estimate of drug-likeness (QED) is 0.612. The standard InChI is InChI=1S/C7H15NO.C6H13NO.C5H11NO/c1-2-6-9-7-3-5-8-4-1;1-3-7-4-2-6-8-5-1;1-2-6-3-5-7-4-1/h8H,1-7H2;7H,1-6H2;6H,1-5H2. The van der Waals surface area contributed by atoms with Crippen LogP contribution in [0.25, 0.3) is 0 Å². The average Bonchev–Trinajstić information content (AvgIpc) is 2.79. The maximum absolute atomic E-state index is 5.31. The van der Waals surface area contributed by atoms with Gasteiger partial charge < -0.3 is 30.2 Å². The molecule has 0 aliphatic carbocycles. The van der Waals surface area contributed by atoms with Crippen molar-refractivity contribution in [3.8, 4) is 0 Å². The van der Waals surface area contributed by atoms with E-state index in [4.69, 9.17) is 14.2 Å². The van der Waals surface area contributed by atoms with Crippen LogP contribution in [0, 0.1) is 0 Å². The van der Waals surface area contributed by atoms with Gasteiger partial charge in [-0.1, -0.05) is 0 Å². The molecule has 3 aliphatic rings. The van der Waals surface area contributed by atoms with Crippen LogP contribution in [0.4, 0.5) is 0 Å². The topological polar surface area (TPSA) is 63.8 Å². The summed E-state index contributed by atoms with van der Waals surface area (Å²) in [5, 5.41) is 9.88. The largest absolute Gasteiger partial charge is 0.381 e. The summed E-state index contributed by atoms with van der Waals surface area (Å²) in [6, 6.07) is 0. The van der Waals surface area contributed by atoms with Gasteiger partial charge in [0, 0.05) is 39.6 Å².